The molecule has 0 spiro atoms. The maximum Gasteiger partial charge on any atom is 0.253 e. The van der Waals surface area contributed by atoms with Gasteiger partial charge in [0, 0.05) is 37.3 Å². The van der Waals surface area contributed by atoms with Crippen LogP contribution in [0, 0.1) is 10.8 Å². The summed E-state index contributed by atoms with van der Waals surface area (Å²) >= 11 is 0. The van der Waals surface area contributed by atoms with Crippen molar-refractivity contribution in [3.63, 3.8) is 0 Å². The summed E-state index contributed by atoms with van der Waals surface area (Å²) in [7, 11) is 3.30. The van der Waals surface area contributed by atoms with Crippen LogP contribution in [0.15, 0.2) is 146 Å². The van der Waals surface area contributed by atoms with Crippen LogP contribution < -0.4 is 31.9 Å². The fraction of sp³-hybridized carbons (Fsp3) is 0.406. The van der Waals surface area contributed by atoms with Crippen LogP contribution >= 0.6 is 0 Å². The van der Waals surface area contributed by atoms with Crippen molar-refractivity contribution in [3.8, 4) is 0 Å². The molecule has 7 rings (SSSR count). The number of nitrogens with one attached hydrogen (secondary N) is 6. The number of nitrogens with zero attached hydrogens (tertiary/aromatic N) is 4. The lowest BCUT2D eigenvalue weighted by Crippen LogP contribution is -2.66. The summed E-state index contributed by atoms with van der Waals surface area (Å²) in [4.78, 5) is 121. The highest BCUT2D eigenvalue weighted by Gasteiger charge is 2.46. The molecular formula is C64H80N10O8. The van der Waals surface area contributed by atoms with E-state index < -0.39 is 94.6 Å². The Balaban J connectivity index is 1.15. The van der Waals surface area contributed by atoms with Crippen LogP contribution in [0.2, 0.25) is 0 Å². The molecular weight excluding hydrogens is 1040 g/mol. The first-order valence-electron chi connectivity index (χ1n) is 28.1. The molecule has 2 aliphatic heterocycles. The minimum atomic E-state index is -1.18. The minimum Gasteiger partial charge on any atom is -0.343 e. The molecule has 6 N–H and O–H groups in total. The molecule has 0 aliphatic carbocycles. The van der Waals surface area contributed by atoms with Crippen molar-refractivity contribution in [3.05, 3.63) is 179 Å². The molecule has 2 heterocycles. The summed E-state index contributed by atoms with van der Waals surface area (Å²) in [5.41, 5.74) is 2.15. The molecule has 2 fully saturated rings. The SMILES string of the molecule is CN[C@@H](C)C(=O)N[C@H](C(=O)N1CCN(C(=O)c2ccc(C(=O)N3CCN(C(=O)[C@@H](NC(=O)[C@H](C)NC)C(C)(C)C)[C@H](C(=O)NC(c4ccccc4)c4ccccc4)C3)cc2)C[C@H]1C(=O)NC(c1ccccc1)c1ccccc1)C(C)(C)C. The van der Waals surface area contributed by atoms with Crippen LogP contribution in [0.3, 0.4) is 0 Å². The van der Waals surface area contributed by atoms with E-state index in [1.807, 2.05) is 163 Å². The summed E-state index contributed by atoms with van der Waals surface area (Å²) in [5.74, 6) is -3.57. The van der Waals surface area contributed by atoms with Crippen LogP contribution in [0.25, 0.3) is 0 Å². The van der Waals surface area contributed by atoms with Gasteiger partial charge >= 0.3 is 0 Å². The zero-order valence-electron chi connectivity index (χ0n) is 48.8. The van der Waals surface area contributed by atoms with Gasteiger partial charge in [-0.05, 0) is 85.3 Å². The molecule has 8 amide bonds. The highest BCUT2D eigenvalue weighted by molar-refractivity contribution is 6.00. The third-order valence-electron chi connectivity index (χ3n) is 15.4. The Hall–Kier alpha value is -8.22. The summed E-state index contributed by atoms with van der Waals surface area (Å²) in [6, 6.07) is 37.1. The van der Waals surface area contributed by atoms with Crippen molar-refractivity contribution in [2.45, 2.75) is 104 Å². The molecule has 18 heteroatoms. The van der Waals surface area contributed by atoms with Crippen LogP contribution in [-0.2, 0) is 28.8 Å². The van der Waals surface area contributed by atoms with Crippen molar-refractivity contribution in [1.82, 2.24) is 51.5 Å². The Bertz CT molecular complexity index is 2740. The molecule has 82 heavy (non-hydrogen) atoms. The average molecular weight is 1120 g/mol. The lowest BCUT2D eigenvalue weighted by Gasteiger charge is -2.44. The first-order valence-corrected chi connectivity index (χ1v) is 28.1. The van der Waals surface area contributed by atoms with Gasteiger partial charge in [0.2, 0.25) is 35.4 Å². The smallest absolute Gasteiger partial charge is 0.253 e. The van der Waals surface area contributed by atoms with Gasteiger partial charge in [0.05, 0.1) is 37.3 Å². The maximum absolute atomic E-state index is 14.9. The summed E-state index contributed by atoms with van der Waals surface area (Å²) in [5, 5.41) is 18.1. The predicted molar refractivity (Wildman–Crippen MR) is 315 cm³/mol. The van der Waals surface area contributed by atoms with Crippen LogP contribution in [0.1, 0.15) is 110 Å². The molecule has 0 saturated carbocycles. The normalized spacial score (nSPS) is 17.3. The zero-order chi connectivity index (χ0) is 59.5. The topological polar surface area (TPSA) is 222 Å². The molecule has 18 nitrogen and oxygen atoms in total. The van der Waals surface area contributed by atoms with E-state index in [0.717, 1.165) is 22.3 Å². The van der Waals surface area contributed by atoms with E-state index >= 15 is 0 Å². The largest absolute Gasteiger partial charge is 0.343 e. The zero-order valence-corrected chi connectivity index (χ0v) is 48.8. The Labute approximate surface area is 482 Å². The number of piperazine rings is 2. The average Bonchev–Trinajstić information content (AvgIpc) is 3.67. The number of amides is 8. The van der Waals surface area contributed by atoms with Crippen LogP contribution in [-0.4, -0.2) is 156 Å². The molecule has 0 bridgehead atoms. The van der Waals surface area contributed by atoms with E-state index in [0.29, 0.717) is 0 Å². The summed E-state index contributed by atoms with van der Waals surface area (Å²) in [6.07, 6.45) is 0. The number of likely N-dealkylation sites (N-methyl/N-ethyl adjacent to an activating group) is 2. The van der Waals surface area contributed by atoms with E-state index in [9.17, 15) is 38.4 Å². The molecule has 2 aliphatic rings. The Morgan fingerprint density at radius 2 is 0.695 bits per heavy atom. The second-order valence-electron chi connectivity index (χ2n) is 23.3. The predicted octanol–water partition coefficient (Wildman–Crippen LogP) is 5.08. The van der Waals surface area contributed by atoms with Gasteiger partial charge in [-0.3, -0.25) is 38.4 Å². The highest BCUT2D eigenvalue weighted by Crippen LogP contribution is 2.29. The Kier molecular flexibility index (Phi) is 20.2. The monoisotopic (exact) mass is 1120 g/mol. The van der Waals surface area contributed by atoms with Gasteiger partial charge in [-0.1, -0.05) is 163 Å². The van der Waals surface area contributed by atoms with E-state index in [-0.39, 0.29) is 62.2 Å². The first kappa shape index (κ1) is 61.4. The van der Waals surface area contributed by atoms with Gasteiger partial charge in [0.15, 0.2) is 0 Å². The van der Waals surface area contributed by atoms with Gasteiger partial charge in [-0.2, -0.15) is 0 Å². The third-order valence-corrected chi connectivity index (χ3v) is 15.4. The minimum absolute atomic E-state index is 0.0246. The number of hydrogen-bond acceptors (Lipinski definition) is 10. The van der Waals surface area contributed by atoms with Crippen molar-refractivity contribution in [2.24, 2.45) is 10.8 Å². The number of rotatable bonds is 18. The quantitative estimate of drug-likeness (QED) is 0.0683. The lowest BCUT2D eigenvalue weighted by atomic mass is 9.85. The van der Waals surface area contributed by atoms with E-state index in [1.54, 1.807) is 27.9 Å². The van der Waals surface area contributed by atoms with Crippen LogP contribution in [0.5, 0.6) is 0 Å². The molecule has 0 aromatic heterocycles. The van der Waals surface area contributed by atoms with Crippen molar-refractivity contribution >= 4 is 47.3 Å². The van der Waals surface area contributed by atoms with Crippen molar-refractivity contribution in [1.29, 1.82) is 0 Å². The van der Waals surface area contributed by atoms with Crippen molar-refractivity contribution < 1.29 is 38.4 Å². The fourth-order valence-electron chi connectivity index (χ4n) is 10.2. The van der Waals surface area contributed by atoms with Gasteiger partial charge < -0.3 is 51.5 Å². The summed E-state index contributed by atoms with van der Waals surface area (Å²) < 4.78 is 0. The Morgan fingerprint density at radius 1 is 0.415 bits per heavy atom. The van der Waals surface area contributed by atoms with Gasteiger partial charge in [0.25, 0.3) is 11.8 Å². The highest BCUT2D eigenvalue weighted by atomic mass is 16.2. The molecule has 2 saturated heterocycles. The molecule has 5 aromatic rings. The standard InChI is InChI=1S/C64H80N10O8/c1-41(65-9)55(75)69-53(63(3,4)5)61(81)73-37-35-71(39-49(73)57(77)67-51(43-23-15-11-16-24-43)44-25-17-12-18-26-44)59(79)47-31-33-48(34-32-47)60(80)72-36-38-74(62(82)54(64(6,7)8)70-56(76)42(2)66-10)50(40-72)58(78)68-52(45-27-19-13-20-28-45)46-29-21-14-22-30-46/h11-34,41-42,49-54,65-66H,35-40H2,1-10H3,(H,67,77)(H,68,78)(H,69,75)(H,70,76)/t41-,42-,49-,50-,53+,54+/m0/s1. The van der Waals surface area contributed by atoms with Gasteiger partial charge in [-0.25, -0.2) is 0 Å². The van der Waals surface area contributed by atoms with Gasteiger partial charge in [-0.15, -0.1) is 0 Å². The van der Waals surface area contributed by atoms with Gasteiger partial charge in [0.1, 0.15) is 24.2 Å². The number of hydrogen-bond donors (Lipinski definition) is 6. The fourth-order valence-corrected chi connectivity index (χ4v) is 10.2. The second kappa shape index (κ2) is 27.0. The van der Waals surface area contributed by atoms with Crippen LogP contribution in [0.4, 0.5) is 0 Å². The third kappa shape index (κ3) is 14.8. The molecule has 6 atom stereocenters. The maximum atomic E-state index is 14.9. The van der Waals surface area contributed by atoms with E-state index in [4.69, 9.17) is 0 Å². The summed E-state index contributed by atoms with van der Waals surface area (Å²) in [6.45, 7) is 14.1. The van der Waals surface area contributed by atoms with E-state index in [2.05, 4.69) is 31.9 Å². The Morgan fingerprint density at radius 3 is 0.951 bits per heavy atom. The molecule has 5 aromatic carbocycles. The number of benzene rings is 5. The van der Waals surface area contributed by atoms with E-state index in [1.165, 1.54) is 43.9 Å². The first-order chi connectivity index (χ1) is 39.0. The van der Waals surface area contributed by atoms with Crippen molar-refractivity contribution in [2.75, 3.05) is 53.4 Å². The second-order valence-corrected chi connectivity index (χ2v) is 23.3. The molecule has 0 radical (unpaired) electrons. The number of carbonyl (C=O) groups is 8. The molecule has 434 valence electrons. The molecule has 0 unspecified atom stereocenters. The number of carbonyl (C=O) groups excluding carboxylic acids is 8. The lowest BCUT2D eigenvalue weighted by molar-refractivity contribution is -0.148.